The summed E-state index contributed by atoms with van der Waals surface area (Å²) in [7, 11) is 0. The van der Waals surface area contributed by atoms with Crippen molar-refractivity contribution in [3.63, 3.8) is 0 Å². The average Bonchev–Trinajstić information content (AvgIpc) is 3.47. The molecule has 0 N–H and O–H groups in total. The number of non-ortho nitro benzene ring substituents is 1. The molecule has 0 aliphatic carbocycles. The van der Waals surface area contributed by atoms with Gasteiger partial charge in [0.25, 0.3) is 5.69 Å². The zero-order chi connectivity index (χ0) is 27.1. The Morgan fingerprint density at radius 3 is 2.49 bits per heavy atom. The molecule has 3 rings (SSSR count). The molecule has 0 spiro atoms. The van der Waals surface area contributed by atoms with Crippen LogP contribution < -0.4 is 0 Å². The van der Waals surface area contributed by atoms with E-state index < -0.39 is 22.6 Å². The van der Waals surface area contributed by atoms with Crippen molar-refractivity contribution in [1.29, 1.82) is 5.26 Å². The molecule has 0 saturated carbocycles. The zero-order valence-corrected chi connectivity index (χ0v) is 21.0. The molecule has 3 aromatic rings. The number of esters is 2. The smallest absolute Gasteiger partial charge is 0.348 e. The second-order valence-corrected chi connectivity index (χ2v) is 8.68. The van der Waals surface area contributed by atoms with Crippen molar-refractivity contribution >= 4 is 40.8 Å². The van der Waals surface area contributed by atoms with E-state index in [4.69, 9.17) is 13.9 Å². The molecule has 190 valence electrons. The summed E-state index contributed by atoms with van der Waals surface area (Å²) in [5, 5.41) is 20.7. The van der Waals surface area contributed by atoms with Gasteiger partial charge < -0.3 is 13.9 Å². The Kier molecular flexibility index (Phi) is 8.71. The number of allylic oxidation sites excluding steroid dienone is 1. The maximum absolute atomic E-state index is 13.0. The second-order valence-electron chi connectivity index (χ2n) is 7.57. The van der Waals surface area contributed by atoms with E-state index in [1.54, 1.807) is 32.9 Å². The molecule has 10 nitrogen and oxygen atoms in total. The molecule has 0 bridgehead atoms. The molecule has 0 atom stereocenters. The normalized spacial score (nSPS) is 11.0. The number of thiophene rings is 1. The maximum Gasteiger partial charge on any atom is 0.348 e. The van der Waals surface area contributed by atoms with Gasteiger partial charge in [-0.15, -0.1) is 11.3 Å². The highest BCUT2D eigenvalue weighted by Gasteiger charge is 2.28. The molecular weight excluding hydrogens is 500 g/mol. The SMILES string of the molecule is CCOC(=O)c1sc(CC(=O)/C(C#N)=C/c2ccc(-c3cccc([N+](=O)[O-])c3)o2)c(C(=O)OCC)c1C. The number of benzene rings is 1. The first-order chi connectivity index (χ1) is 17.7. The van der Waals surface area contributed by atoms with Crippen LogP contribution in [0, 0.1) is 28.4 Å². The highest BCUT2D eigenvalue weighted by atomic mass is 32.1. The first-order valence-electron chi connectivity index (χ1n) is 11.2. The summed E-state index contributed by atoms with van der Waals surface area (Å²) < 4.78 is 15.8. The van der Waals surface area contributed by atoms with Crippen LogP contribution in [-0.2, 0) is 20.7 Å². The van der Waals surface area contributed by atoms with Gasteiger partial charge in [-0.2, -0.15) is 5.26 Å². The van der Waals surface area contributed by atoms with Crippen LogP contribution in [-0.4, -0.2) is 35.9 Å². The van der Waals surface area contributed by atoms with Gasteiger partial charge in [0.05, 0.1) is 29.3 Å². The number of rotatable bonds is 10. The Balaban J connectivity index is 1.91. The van der Waals surface area contributed by atoms with Crippen molar-refractivity contribution in [2.75, 3.05) is 13.2 Å². The summed E-state index contributed by atoms with van der Waals surface area (Å²) in [6.45, 7) is 5.11. The monoisotopic (exact) mass is 522 g/mol. The molecule has 2 heterocycles. The first kappa shape index (κ1) is 27.0. The Morgan fingerprint density at radius 2 is 1.84 bits per heavy atom. The van der Waals surface area contributed by atoms with E-state index in [2.05, 4.69) is 0 Å². The van der Waals surface area contributed by atoms with Crippen LogP contribution in [0.5, 0.6) is 0 Å². The topological polar surface area (TPSA) is 150 Å². The number of nitro benzene ring substituents is 1. The molecule has 0 fully saturated rings. The quantitative estimate of drug-likeness (QED) is 0.114. The summed E-state index contributed by atoms with van der Waals surface area (Å²) in [5.41, 5.74) is 0.563. The van der Waals surface area contributed by atoms with E-state index in [-0.39, 0.29) is 52.0 Å². The largest absolute Gasteiger partial charge is 0.462 e. The Morgan fingerprint density at radius 1 is 1.14 bits per heavy atom. The third-order valence-electron chi connectivity index (χ3n) is 5.16. The van der Waals surface area contributed by atoms with Gasteiger partial charge in [0.15, 0.2) is 5.78 Å². The average molecular weight is 523 g/mol. The fourth-order valence-electron chi connectivity index (χ4n) is 3.48. The van der Waals surface area contributed by atoms with Crippen LogP contribution in [0.2, 0.25) is 0 Å². The van der Waals surface area contributed by atoms with Gasteiger partial charge in [-0.25, -0.2) is 9.59 Å². The van der Waals surface area contributed by atoms with Gasteiger partial charge in [-0.1, -0.05) is 12.1 Å². The summed E-state index contributed by atoms with van der Waals surface area (Å²) in [5.74, 6) is -1.39. The number of nitrogens with zero attached hydrogens (tertiary/aromatic N) is 2. The highest BCUT2D eigenvalue weighted by Crippen LogP contribution is 2.31. The minimum absolute atomic E-state index is 0.102. The van der Waals surface area contributed by atoms with Gasteiger partial charge in [0.1, 0.15) is 22.5 Å². The zero-order valence-electron chi connectivity index (χ0n) is 20.2. The van der Waals surface area contributed by atoms with Crippen molar-refractivity contribution in [3.05, 3.63) is 78.7 Å². The molecule has 2 aromatic heterocycles. The number of carbonyl (C=O) groups excluding carboxylic acids is 3. The minimum Gasteiger partial charge on any atom is -0.462 e. The van der Waals surface area contributed by atoms with E-state index in [1.165, 1.54) is 30.3 Å². The lowest BCUT2D eigenvalue weighted by Gasteiger charge is -2.05. The lowest BCUT2D eigenvalue weighted by molar-refractivity contribution is -0.384. The molecule has 0 unspecified atom stereocenters. The van der Waals surface area contributed by atoms with E-state index in [1.807, 2.05) is 6.07 Å². The summed E-state index contributed by atoms with van der Waals surface area (Å²) in [6, 6.07) is 10.8. The van der Waals surface area contributed by atoms with Gasteiger partial charge in [0.2, 0.25) is 0 Å². The van der Waals surface area contributed by atoms with Crippen molar-refractivity contribution in [2.24, 2.45) is 0 Å². The summed E-state index contributed by atoms with van der Waals surface area (Å²) in [4.78, 5) is 48.9. The lowest BCUT2D eigenvalue weighted by Crippen LogP contribution is -2.12. The van der Waals surface area contributed by atoms with Crippen LogP contribution in [0.3, 0.4) is 0 Å². The standard InChI is InChI=1S/C26H22N2O8S/c1-4-34-25(30)23-15(3)24(26(31)35-5-2)37-22(23)13-20(29)17(14-27)12-19-9-10-21(36-19)16-7-6-8-18(11-16)28(32)33/h6-12H,4-5,13H2,1-3H3/b17-12+. The number of nitro groups is 1. The van der Waals surface area contributed by atoms with Crippen LogP contribution in [0.25, 0.3) is 17.4 Å². The first-order valence-corrected chi connectivity index (χ1v) is 12.0. The van der Waals surface area contributed by atoms with Gasteiger partial charge >= 0.3 is 11.9 Å². The number of ketones is 1. The highest BCUT2D eigenvalue weighted by molar-refractivity contribution is 7.14. The number of nitriles is 1. The van der Waals surface area contributed by atoms with Gasteiger partial charge in [-0.05, 0) is 38.5 Å². The van der Waals surface area contributed by atoms with Crippen LogP contribution in [0.15, 0.2) is 46.4 Å². The molecule has 0 aliphatic heterocycles. The summed E-state index contributed by atoms with van der Waals surface area (Å²) >= 11 is 0.945. The Hall–Kier alpha value is -4.56. The van der Waals surface area contributed by atoms with Crippen molar-refractivity contribution in [1.82, 2.24) is 0 Å². The maximum atomic E-state index is 13.0. The third-order valence-corrected chi connectivity index (χ3v) is 6.43. The fourth-order valence-corrected chi connectivity index (χ4v) is 4.66. The molecule has 0 amide bonds. The number of carbonyl (C=O) groups is 3. The number of furan rings is 1. The van der Waals surface area contributed by atoms with Crippen LogP contribution in [0.1, 0.15) is 50.1 Å². The van der Waals surface area contributed by atoms with E-state index in [9.17, 15) is 29.8 Å². The fraction of sp³-hybridized carbons (Fsp3) is 0.231. The van der Waals surface area contributed by atoms with Crippen LogP contribution >= 0.6 is 11.3 Å². The number of Topliss-reactive ketones (excluding diaryl/α,β-unsaturated/α-hetero) is 1. The molecule has 0 aliphatic rings. The predicted molar refractivity (Wildman–Crippen MR) is 134 cm³/mol. The molecule has 1 aromatic carbocycles. The van der Waals surface area contributed by atoms with Crippen molar-refractivity contribution in [3.8, 4) is 17.4 Å². The van der Waals surface area contributed by atoms with E-state index in [0.717, 1.165) is 11.3 Å². The van der Waals surface area contributed by atoms with E-state index >= 15 is 0 Å². The minimum atomic E-state index is -0.676. The summed E-state index contributed by atoms with van der Waals surface area (Å²) in [6.07, 6.45) is 0.927. The van der Waals surface area contributed by atoms with Gasteiger partial charge in [0, 0.05) is 35.1 Å². The third kappa shape index (κ3) is 6.17. The molecule has 0 saturated heterocycles. The Bertz CT molecular complexity index is 1440. The van der Waals surface area contributed by atoms with Crippen LogP contribution in [0.4, 0.5) is 5.69 Å². The van der Waals surface area contributed by atoms with Crippen molar-refractivity contribution < 1.29 is 33.2 Å². The van der Waals surface area contributed by atoms with Crippen molar-refractivity contribution in [2.45, 2.75) is 27.2 Å². The molecule has 37 heavy (non-hydrogen) atoms. The van der Waals surface area contributed by atoms with E-state index in [0.29, 0.717) is 16.9 Å². The second kappa shape index (κ2) is 11.9. The molecule has 0 radical (unpaired) electrons. The number of hydrogen-bond donors (Lipinski definition) is 0. The Labute approximate surface area is 215 Å². The number of ether oxygens (including phenoxy) is 2. The predicted octanol–water partition coefficient (Wildman–Crippen LogP) is 5.30. The molecule has 11 heteroatoms. The number of hydrogen-bond acceptors (Lipinski definition) is 10. The van der Waals surface area contributed by atoms with Gasteiger partial charge in [-0.3, -0.25) is 14.9 Å². The lowest BCUT2D eigenvalue weighted by atomic mass is 10.0. The molecular formula is C26H22N2O8S.